The third-order valence-electron chi connectivity index (χ3n) is 4.56. The molecule has 0 unspecified atom stereocenters. The second-order valence-corrected chi connectivity index (χ2v) is 9.34. The predicted octanol–water partition coefficient (Wildman–Crippen LogP) is 2.98. The van der Waals surface area contributed by atoms with E-state index < -0.39 is 27.8 Å². The molecule has 3 rings (SSSR count). The molecule has 158 valence electrons. The van der Waals surface area contributed by atoms with E-state index in [9.17, 15) is 17.6 Å². The van der Waals surface area contributed by atoms with E-state index in [1.54, 1.807) is 36.1 Å². The van der Waals surface area contributed by atoms with E-state index in [-0.39, 0.29) is 15.5 Å². The maximum atomic E-state index is 13.4. The molecule has 7 nitrogen and oxygen atoms in total. The van der Waals surface area contributed by atoms with Crippen LogP contribution in [0.25, 0.3) is 0 Å². The molecule has 0 bridgehead atoms. The number of imidazole rings is 1. The van der Waals surface area contributed by atoms with Gasteiger partial charge in [-0.15, -0.1) is 0 Å². The molecule has 0 fully saturated rings. The van der Waals surface area contributed by atoms with Gasteiger partial charge in [0, 0.05) is 33.5 Å². The zero-order chi connectivity index (χ0) is 22.1. The highest BCUT2D eigenvalue weighted by molar-refractivity contribution is 7.89. The molecule has 0 spiro atoms. The largest absolute Gasteiger partial charge is 0.338 e. The first kappa shape index (κ1) is 21.9. The minimum absolute atomic E-state index is 0.000845. The number of carbonyl (C=O) groups is 1. The lowest BCUT2D eigenvalue weighted by molar-refractivity contribution is 0.0941. The van der Waals surface area contributed by atoms with Gasteiger partial charge in [0.25, 0.3) is 5.91 Å². The number of sulfonamides is 1. The standard InChI is InChI=1S/C20H20ClFN4O3S/c1-25(2)30(28,29)15-8-9-17(21)16(12-15)20(27)24-18(19-23-10-11-26(19)3)13-4-6-14(22)7-5-13/h4-12,18H,1-3H3,(H,24,27)/t18-/m0/s1. The van der Waals surface area contributed by atoms with Crippen LogP contribution >= 0.6 is 11.6 Å². The third-order valence-corrected chi connectivity index (χ3v) is 6.70. The second-order valence-electron chi connectivity index (χ2n) is 6.78. The average molecular weight is 451 g/mol. The number of benzene rings is 2. The highest BCUT2D eigenvalue weighted by Crippen LogP contribution is 2.25. The first-order valence-electron chi connectivity index (χ1n) is 8.87. The van der Waals surface area contributed by atoms with Crippen LogP contribution in [0.3, 0.4) is 0 Å². The number of aryl methyl sites for hydroxylation is 1. The van der Waals surface area contributed by atoms with Crippen LogP contribution < -0.4 is 5.32 Å². The van der Waals surface area contributed by atoms with Crippen molar-refractivity contribution in [3.63, 3.8) is 0 Å². The Kier molecular flexibility index (Phi) is 6.25. The molecule has 1 atom stereocenters. The van der Waals surface area contributed by atoms with Crippen LogP contribution in [0.15, 0.2) is 59.8 Å². The molecule has 0 aliphatic carbocycles. The van der Waals surface area contributed by atoms with Crippen molar-refractivity contribution < 1.29 is 17.6 Å². The minimum Gasteiger partial charge on any atom is -0.338 e. The van der Waals surface area contributed by atoms with Gasteiger partial charge in [0.1, 0.15) is 17.7 Å². The number of halogens is 2. The average Bonchev–Trinajstić information content (AvgIpc) is 3.12. The van der Waals surface area contributed by atoms with Gasteiger partial charge in [-0.25, -0.2) is 22.1 Å². The first-order valence-corrected chi connectivity index (χ1v) is 10.7. The molecular formula is C20H20ClFN4O3S. The number of nitrogens with zero attached hydrogens (tertiary/aromatic N) is 3. The molecule has 0 saturated carbocycles. The highest BCUT2D eigenvalue weighted by Gasteiger charge is 2.25. The number of aromatic nitrogens is 2. The zero-order valence-electron chi connectivity index (χ0n) is 16.5. The van der Waals surface area contributed by atoms with Crippen molar-refractivity contribution >= 4 is 27.5 Å². The summed E-state index contributed by atoms with van der Waals surface area (Å²) in [6, 6.07) is 8.89. The molecule has 0 aliphatic heterocycles. The van der Waals surface area contributed by atoms with E-state index in [1.807, 2.05) is 0 Å². The molecule has 10 heteroatoms. The van der Waals surface area contributed by atoms with Gasteiger partial charge < -0.3 is 9.88 Å². The van der Waals surface area contributed by atoms with E-state index >= 15 is 0 Å². The number of hydrogen-bond donors (Lipinski definition) is 1. The van der Waals surface area contributed by atoms with E-state index in [0.717, 1.165) is 4.31 Å². The van der Waals surface area contributed by atoms with Crippen LogP contribution in [0.5, 0.6) is 0 Å². The van der Waals surface area contributed by atoms with Gasteiger partial charge in [0.15, 0.2) is 0 Å². The fraction of sp³-hybridized carbons (Fsp3) is 0.200. The normalized spacial score (nSPS) is 12.7. The Morgan fingerprint density at radius 2 is 1.87 bits per heavy atom. The van der Waals surface area contributed by atoms with Crippen molar-refractivity contribution in [2.24, 2.45) is 7.05 Å². The Hall–Kier alpha value is -2.75. The maximum Gasteiger partial charge on any atom is 0.253 e. The lowest BCUT2D eigenvalue weighted by Crippen LogP contribution is -2.31. The van der Waals surface area contributed by atoms with E-state index in [1.165, 1.54) is 44.4 Å². The molecule has 1 aromatic heterocycles. The van der Waals surface area contributed by atoms with E-state index in [0.29, 0.717) is 11.4 Å². The Balaban J connectivity index is 2.01. The van der Waals surface area contributed by atoms with Gasteiger partial charge >= 0.3 is 0 Å². The van der Waals surface area contributed by atoms with Gasteiger partial charge in [-0.1, -0.05) is 23.7 Å². The lowest BCUT2D eigenvalue weighted by atomic mass is 10.1. The third kappa shape index (κ3) is 4.38. The number of amides is 1. The lowest BCUT2D eigenvalue weighted by Gasteiger charge is -2.20. The monoisotopic (exact) mass is 450 g/mol. The van der Waals surface area contributed by atoms with Gasteiger partial charge in [0.05, 0.1) is 15.5 Å². The molecule has 0 saturated heterocycles. The van der Waals surface area contributed by atoms with E-state index in [4.69, 9.17) is 11.6 Å². The van der Waals surface area contributed by atoms with Gasteiger partial charge in [-0.2, -0.15) is 0 Å². The van der Waals surface area contributed by atoms with Gasteiger partial charge in [-0.05, 0) is 35.9 Å². The topological polar surface area (TPSA) is 84.3 Å². The van der Waals surface area contributed by atoms with Crippen molar-refractivity contribution in [2.45, 2.75) is 10.9 Å². The molecule has 3 aromatic rings. The van der Waals surface area contributed by atoms with Crippen molar-refractivity contribution in [3.8, 4) is 0 Å². The van der Waals surface area contributed by atoms with Crippen LogP contribution in [-0.4, -0.2) is 42.3 Å². The molecule has 0 radical (unpaired) electrons. The van der Waals surface area contributed by atoms with E-state index in [2.05, 4.69) is 10.3 Å². The Morgan fingerprint density at radius 3 is 2.43 bits per heavy atom. The number of rotatable bonds is 6. The Labute approximate surface area is 179 Å². The van der Waals surface area contributed by atoms with Crippen LogP contribution in [0, 0.1) is 5.82 Å². The fourth-order valence-electron chi connectivity index (χ4n) is 2.87. The molecule has 2 aromatic carbocycles. The van der Waals surface area contributed by atoms with Crippen LogP contribution in [0.4, 0.5) is 4.39 Å². The molecule has 0 aliphatic rings. The molecule has 1 heterocycles. The highest BCUT2D eigenvalue weighted by atomic mass is 35.5. The van der Waals surface area contributed by atoms with Crippen molar-refractivity contribution in [3.05, 3.63) is 82.6 Å². The summed E-state index contributed by atoms with van der Waals surface area (Å²) in [6.07, 6.45) is 3.30. The maximum absolute atomic E-state index is 13.4. The van der Waals surface area contributed by atoms with Crippen LogP contribution in [-0.2, 0) is 17.1 Å². The number of carbonyl (C=O) groups excluding carboxylic acids is 1. The Bertz CT molecular complexity index is 1180. The van der Waals surface area contributed by atoms with Crippen LogP contribution in [0.2, 0.25) is 5.02 Å². The summed E-state index contributed by atoms with van der Waals surface area (Å²) < 4.78 is 41.0. The summed E-state index contributed by atoms with van der Waals surface area (Å²) in [7, 11) is 0.814. The molecule has 1 N–H and O–H groups in total. The molecular weight excluding hydrogens is 431 g/mol. The summed E-state index contributed by atoms with van der Waals surface area (Å²) in [5, 5.41) is 2.92. The zero-order valence-corrected chi connectivity index (χ0v) is 18.1. The van der Waals surface area contributed by atoms with Gasteiger partial charge in [0.2, 0.25) is 10.0 Å². The second kappa shape index (κ2) is 8.55. The molecule has 1 amide bonds. The SMILES string of the molecule is CN(C)S(=O)(=O)c1ccc(Cl)c(C(=O)N[C@@H](c2ccc(F)cc2)c2nccn2C)c1. The quantitative estimate of drug-likeness (QED) is 0.625. The number of nitrogens with one attached hydrogen (secondary N) is 1. The minimum atomic E-state index is -3.75. The van der Waals surface area contributed by atoms with Crippen molar-refractivity contribution in [1.82, 2.24) is 19.2 Å². The first-order chi connectivity index (χ1) is 14.1. The fourth-order valence-corrected chi connectivity index (χ4v) is 4.00. The predicted molar refractivity (Wildman–Crippen MR) is 111 cm³/mol. The van der Waals surface area contributed by atoms with Crippen molar-refractivity contribution in [2.75, 3.05) is 14.1 Å². The van der Waals surface area contributed by atoms with Crippen LogP contribution in [0.1, 0.15) is 27.8 Å². The summed E-state index contributed by atoms with van der Waals surface area (Å²) in [5.41, 5.74) is 0.605. The smallest absolute Gasteiger partial charge is 0.253 e. The summed E-state index contributed by atoms with van der Waals surface area (Å²) in [4.78, 5) is 17.3. The summed E-state index contributed by atoms with van der Waals surface area (Å²) >= 11 is 6.19. The molecule has 30 heavy (non-hydrogen) atoms. The van der Waals surface area contributed by atoms with Crippen molar-refractivity contribution in [1.29, 1.82) is 0 Å². The summed E-state index contributed by atoms with van der Waals surface area (Å²) in [6.45, 7) is 0. The van der Waals surface area contributed by atoms with Gasteiger partial charge in [-0.3, -0.25) is 4.79 Å². The summed E-state index contributed by atoms with van der Waals surface area (Å²) in [5.74, 6) is -0.482. The number of hydrogen-bond acceptors (Lipinski definition) is 4. The Morgan fingerprint density at radius 1 is 1.20 bits per heavy atom.